The topological polar surface area (TPSA) is 49.4 Å². The summed E-state index contributed by atoms with van der Waals surface area (Å²) in [6.45, 7) is 10.2. The predicted molar refractivity (Wildman–Crippen MR) is 118 cm³/mol. The van der Waals surface area contributed by atoms with Crippen molar-refractivity contribution in [1.29, 1.82) is 0 Å². The van der Waals surface area contributed by atoms with E-state index < -0.39 is 0 Å². The number of rotatable bonds is 7. The standard InChI is InChI=1S/C25H38N2O2/c1-18(2)15-20-6-8-21(9-7-20)25(29)22-10-13-27(14-11-22)24(28)16-19(3)23-5-4-12-26-17-23/h6-9,18-19,22-23,26H,4-5,10-17H2,1-3H3. The Hall–Kier alpha value is -1.68. The van der Waals surface area contributed by atoms with Gasteiger partial charge in [-0.15, -0.1) is 0 Å². The molecule has 1 amide bonds. The molecule has 4 nitrogen and oxygen atoms in total. The van der Waals surface area contributed by atoms with Crippen LogP contribution >= 0.6 is 0 Å². The normalized spacial score (nSPS) is 21.9. The number of carbonyl (C=O) groups excluding carboxylic acids is 2. The highest BCUT2D eigenvalue weighted by Gasteiger charge is 2.30. The maximum atomic E-state index is 12.9. The Morgan fingerprint density at radius 2 is 1.76 bits per heavy atom. The summed E-state index contributed by atoms with van der Waals surface area (Å²) in [6.07, 6.45) is 5.71. The summed E-state index contributed by atoms with van der Waals surface area (Å²) in [6, 6.07) is 8.15. The highest BCUT2D eigenvalue weighted by Crippen LogP contribution is 2.26. The lowest BCUT2D eigenvalue weighted by Gasteiger charge is -2.34. The molecule has 1 aromatic rings. The molecule has 29 heavy (non-hydrogen) atoms. The fraction of sp³-hybridized carbons (Fsp3) is 0.680. The quantitative estimate of drug-likeness (QED) is 0.696. The maximum absolute atomic E-state index is 12.9. The monoisotopic (exact) mass is 398 g/mol. The number of nitrogens with one attached hydrogen (secondary N) is 1. The van der Waals surface area contributed by atoms with E-state index in [2.05, 4.69) is 38.2 Å². The van der Waals surface area contributed by atoms with E-state index in [4.69, 9.17) is 0 Å². The number of hydrogen-bond donors (Lipinski definition) is 1. The Morgan fingerprint density at radius 3 is 2.34 bits per heavy atom. The number of amides is 1. The largest absolute Gasteiger partial charge is 0.343 e. The van der Waals surface area contributed by atoms with Crippen molar-refractivity contribution in [3.8, 4) is 0 Å². The van der Waals surface area contributed by atoms with E-state index in [0.717, 1.165) is 51.0 Å². The average Bonchev–Trinajstić information content (AvgIpc) is 2.74. The minimum Gasteiger partial charge on any atom is -0.343 e. The zero-order chi connectivity index (χ0) is 20.8. The van der Waals surface area contributed by atoms with E-state index in [1.54, 1.807) is 0 Å². The van der Waals surface area contributed by atoms with Gasteiger partial charge in [-0.25, -0.2) is 0 Å². The number of carbonyl (C=O) groups is 2. The summed E-state index contributed by atoms with van der Waals surface area (Å²) in [5.41, 5.74) is 2.11. The molecule has 2 fully saturated rings. The van der Waals surface area contributed by atoms with E-state index in [0.29, 0.717) is 24.2 Å². The zero-order valence-corrected chi connectivity index (χ0v) is 18.5. The molecule has 2 aliphatic rings. The molecule has 2 aliphatic heterocycles. The second-order valence-electron chi connectivity index (χ2n) is 9.60. The molecule has 2 heterocycles. The molecule has 2 unspecified atom stereocenters. The van der Waals surface area contributed by atoms with Crippen LogP contribution in [0.25, 0.3) is 0 Å². The number of piperidine rings is 2. The van der Waals surface area contributed by atoms with Crippen molar-refractivity contribution in [1.82, 2.24) is 10.2 Å². The van der Waals surface area contributed by atoms with E-state index in [1.165, 1.54) is 18.4 Å². The van der Waals surface area contributed by atoms with Gasteiger partial charge in [0, 0.05) is 31.0 Å². The van der Waals surface area contributed by atoms with Gasteiger partial charge in [-0.05, 0) is 68.5 Å². The molecular weight excluding hydrogens is 360 g/mol. The molecule has 1 aromatic carbocycles. The van der Waals surface area contributed by atoms with Crippen molar-refractivity contribution >= 4 is 11.7 Å². The first-order chi connectivity index (χ1) is 13.9. The number of benzene rings is 1. The van der Waals surface area contributed by atoms with Crippen LogP contribution in [0.1, 0.15) is 68.8 Å². The predicted octanol–water partition coefficient (Wildman–Crippen LogP) is 4.33. The van der Waals surface area contributed by atoms with Crippen molar-refractivity contribution in [2.45, 2.75) is 59.3 Å². The lowest BCUT2D eigenvalue weighted by molar-refractivity contribution is -0.133. The summed E-state index contributed by atoms with van der Waals surface area (Å²) in [4.78, 5) is 27.6. The lowest BCUT2D eigenvalue weighted by atomic mass is 9.84. The summed E-state index contributed by atoms with van der Waals surface area (Å²) in [7, 11) is 0. The highest BCUT2D eigenvalue weighted by atomic mass is 16.2. The van der Waals surface area contributed by atoms with E-state index in [1.807, 2.05) is 17.0 Å². The second-order valence-corrected chi connectivity index (χ2v) is 9.60. The molecule has 0 bridgehead atoms. The first-order valence-electron chi connectivity index (χ1n) is 11.6. The van der Waals surface area contributed by atoms with E-state index in [-0.39, 0.29) is 17.6 Å². The molecule has 0 saturated carbocycles. The van der Waals surface area contributed by atoms with Crippen molar-refractivity contribution < 1.29 is 9.59 Å². The van der Waals surface area contributed by atoms with Gasteiger partial charge < -0.3 is 10.2 Å². The highest BCUT2D eigenvalue weighted by molar-refractivity contribution is 5.98. The van der Waals surface area contributed by atoms with Crippen LogP contribution in [0.5, 0.6) is 0 Å². The Kier molecular flexibility index (Phi) is 7.88. The molecule has 4 heteroatoms. The number of likely N-dealkylation sites (tertiary alicyclic amines) is 1. The van der Waals surface area contributed by atoms with E-state index in [9.17, 15) is 9.59 Å². The molecule has 2 saturated heterocycles. The van der Waals surface area contributed by atoms with Crippen molar-refractivity contribution in [3.63, 3.8) is 0 Å². The zero-order valence-electron chi connectivity index (χ0n) is 18.5. The van der Waals surface area contributed by atoms with Crippen LogP contribution in [0, 0.1) is 23.7 Å². The molecule has 2 atom stereocenters. The van der Waals surface area contributed by atoms with Crippen LogP contribution in [0.2, 0.25) is 0 Å². The third kappa shape index (κ3) is 6.15. The molecule has 0 spiro atoms. The molecule has 0 aliphatic carbocycles. The summed E-state index contributed by atoms with van der Waals surface area (Å²) in [5, 5.41) is 3.45. The first kappa shape index (κ1) is 22.0. The molecule has 1 N–H and O–H groups in total. The fourth-order valence-corrected chi connectivity index (χ4v) is 4.84. The van der Waals surface area contributed by atoms with Crippen LogP contribution in [0.4, 0.5) is 0 Å². The van der Waals surface area contributed by atoms with Crippen LogP contribution in [-0.4, -0.2) is 42.8 Å². The van der Waals surface area contributed by atoms with Crippen molar-refractivity contribution in [2.24, 2.45) is 23.7 Å². The SMILES string of the molecule is CC(C)Cc1ccc(C(=O)C2CCN(C(=O)CC(C)C3CCCNC3)CC2)cc1. The smallest absolute Gasteiger partial charge is 0.222 e. The van der Waals surface area contributed by atoms with Gasteiger partial charge in [0.15, 0.2) is 5.78 Å². The summed E-state index contributed by atoms with van der Waals surface area (Å²) in [5.74, 6) is 2.23. The summed E-state index contributed by atoms with van der Waals surface area (Å²) >= 11 is 0. The van der Waals surface area contributed by atoms with Crippen LogP contribution < -0.4 is 5.32 Å². The Bertz CT molecular complexity index is 669. The third-order valence-electron chi connectivity index (χ3n) is 6.74. The minimum absolute atomic E-state index is 0.0509. The van der Waals surface area contributed by atoms with Gasteiger partial charge in [0.1, 0.15) is 0 Å². The first-order valence-corrected chi connectivity index (χ1v) is 11.6. The minimum atomic E-state index is 0.0509. The number of ketones is 1. The van der Waals surface area contributed by atoms with Crippen LogP contribution in [-0.2, 0) is 11.2 Å². The Balaban J connectivity index is 1.46. The third-order valence-corrected chi connectivity index (χ3v) is 6.74. The van der Waals surface area contributed by atoms with E-state index >= 15 is 0 Å². The molecular formula is C25H38N2O2. The molecule has 0 radical (unpaired) electrons. The van der Waals surface area contributed by atoms with Crippen molar-refractivity contribution in [3.05, 3.63) is 35.4 Å². The van der Waals surface area contributed by atoms with Gasteiger partial charge in [-0.1, -0.05) is 45.0 Å². The van der Waals surface area contributed by atoms with Crippen LogP contribution in [0.3, 0.4) is 0 Å². The van der Waals surface area contributed by atoms with Gasteiger partial charge in [0.05, 0.1) is 0 Å². The van der Waals surface area contributed by atoms with Gasteiger partial charge >= 0.3 is 0 Å². The molecule has 160 valence electrons. The fourth-order valence-electron chi connectivity index (χ4n) is 4.84. The lowest BCUT2D eigenvalue weighted by Crippen LogP contribution is -2.42. The van der Waals surface area contributed by atoms with Gasteiger partial charge in [0.2, 0.25) is 5.91 Å². The average molecular weight is 399 g/mol. The van der Waals surface area contributed by atoms with Crippen LogP contribution in [0.15, 0.2) is 24.3 Å². The number of Topliss-reactive ketones (excluding diaryl/α,β-unsaturated/α-hetero) is 1. The van der Waals surface area contributed by atoms with Gasteiger partial charge in [-0.2, -0.15) is 0 Å². The molecule has 0 aromatic heterocycles. The number of hydrogen-bond acceptors (Lipinski definition) is 3. The number of nitrogens with zero attached hydrogens (tertiary/aromatic N) is 1. The second kappa shape index (κ2) is 10.4. The Morgan fingerprint density at radius 1 is 1.07 bits per heavy atom. The molecule has 3 rings (SSSR count). The Labute approximate surface area is 176 Å². The van der Waals surface area contributed by atoms with Crippen molar-refractivity contribution in [2.75, 3.05) is 26.2 Å². The summed E-state index contributed by atoms with van der Waals surface area (Å²) < 4.78 is 0. The van der Waals surface area contributed by atoms with Gasteiger partial charge in [0.25, 0.3) is 0 Å². The maximum Gasteiger partial charge on any atom is 0.222 e. The van der Waals surface area contributed by atoms with Gasteiger partial charge in [-0.3, -0.25) is 9.59 Å².